The monoisotopic (exact) mass is 172 g/mol. The number of Topliss-reactive ketones (excluding diaryl/α,β-unsaturated/α-hetero) is 1. The molecular weight excluding hydrogens is 164 g/mol. The van der Waals surface area contributed by atoms with Gasteiger partial charge < -0.3 is 0 Å². The molecule has 36 valence electrons. The standard InChI is InChI=1S/C5H7O.Sr.H/c6-5-3-1-2-4-5;;/h1H,2-4H2;;. The van der Waals surface area contributed by atoms with Crippen LogP contribution in [0.25, 0.3) is 0 Å². The van der Waals surface area contributed by atoms with Gasteiger partial charge in [0, 0.05) is 0 Å². The summed E-state index contributed by atoms with van der Waals surface area (Å²) in [5.74, 6) is 0.504. The number of hydrogen-bond donors (Lipinski definition) is 0. The summed E-state index contributed by atoms with van der Waals surface area (Å²) in [6, 6.07) is 0. The summed E-state index contributed by atoms with van der Waals surface area (Å²) in [6.45, 7) is 0. The van der Waals surface area contributed by atoms with Crippen molar-refractivity contribution in [1.29, 1.82) is 0 Å². The van der Waals surface area contributed by atoms with E-state index in [1.807, 2.05) is 0 Å². The van der Waals surface area contributed by atoms with Gasteiger partial charge in [-0.15, -0.1) is 0 Å². The van der Waals surface area contributed by atoms with Crippen LogP contribution in [0.5, 0.6) is 0 Å². The Balaban J connectivity index is 2.40. The first-order valence-electron chi connectivity index (χ1n) is 2.81. The molecule has 0 radical (unpaired) electrons. The first-order chi connectivity index (χ1) is 3.29. The van der Waals surface area contributed by atoms with E-state index in [1.54, 1.807) is 0 Å². The Morgan fingerprint density at radius 3 is 2.57 bits per heavy atom. The summed E-state index contributed by atoms with van der Waals surface area (Å²) >= 11 is 0.755. The Morgan fingerprint density at radius 1 is 1.71 bits per heavy atom. The molecule has 1 atom stereocenters. The molecule has 1 unspecified atom stereocenters. The van der Waals surface area contributed by atoms with Crippen LogP contribution in [0.2, 0.25) is 0.889 Å². The fourth-order valence-electron chi connectivity index (χ4n) is 1.00. The third-order valence-electron chi connectivity index (χ3n) is 1.49. The molecule has 1 nitrogen and oxygen atoms in total. The molecule has 7 heavy (non-hydrogen) atoms. The molecular formula is C5H8OSr. The third kappa shape index (κ3) is 1.84. The molecule has 0 heterocycles. The Hall–Kier alpha value is 1.15. The van der Waals surface area contributed by atoms with Crippen LogP contribution in [0.1, 0.15) is 19.3 Å². The molecule has 0 spiro atoms. The number of carbonyl (C=O) groups is 1. The fraction of sp³-hybridized carbons (Fsp3) is 0.800. The van der Waals surface area contributed by atoms with Gasteiger partial charge in [0.1, 0.15) is 0 Å². The topological polar surface area (TPSA) is 17.1 Å². The normalized spacial score (nSPS) is 31.3. The molecule has 0 saturated heterocycles. The van der Waals surface area contributed by atoms with Crippen LogP contribution in [0.15, 0.2) is 0 Å². The number of rotatable bonds is 0. The molecule has 1 saturated carbocycles. The van der Waals surface area contributed by atoms with E-state index in [0.717, 1.165) is 57.0 Å². The Morgan fingerprint density at radius 2 is 2.43 bits per heavy atom. The molecule has 0 aliphatic heterocycles. The van der Waals surface area contributed by atoms with Crippen LogP contribution in [0, 0.1) is 0 Å². The molecule has 0 N–H and O–H groups in total. The van der Waals surface area contributed by atoms with Gasteiger partial charge in [0.2, 0.25) is 0 Å². The zero-order valence-corrected chi connectivity index (χ0v) is 9.52. The second-order valence-corrected chi connectivity index (χ2v) is 6.40. The van der Waals surface area contributed by atoms with Gasteiger partial charge in [0.15, 0.2) is 0 Å². The van der Waals surface area contributed by atoms with Gasteiger partial charge in [-0.1, -0.05) is 0 Å². The molecule has 1 fully saturated rings. The van der Waals surface area contributed by atoms with E-state index in [4.69, 9.17) is 0 Å². The SMILES string of the molecule is O=C1CC[CH]([SrH])C1. The zero-order valence-electron chi connectivity index (χ0n) is 4.61. The van der Waals surface area contributed by atoms with E-state index < -0.39 is 0 Å². The van der Waals surface area contributed by atoms with Crippen LogP contribution in [-0.2, 0) is 4.79 Å². The van der Waals surface area contributed by atoms with Crippen molar-refractivity contribution in [1.82, 2.24) is 0 Å². The van der Waals surface area contributed by atoms with Crippen molar-refractivity contribution in [2.75, 3.05) is 0 Å². The van der Waals surface area contributed by atoms with E-state index in [0.29, 0.717) is 5.78 Å². The van der Waals surface area contributed by atoms with Crippen LogP contribution in [0.3, 0.4) is 0 Å². The van der Waals surface area contributed by atoms with Crippen molar-refractivity contribution < 1.29 is 4.79 Å². The quantitative estimate of drug-likeness (QED) is 0.484. The van der Waals surface area contributed by atoms with E-state index in [1.165, 1.54) is 6.42 Å². The summed E-state index contributed by atoms with van der Waals surface area (Å²) in [5, 5.41) is 0. The van der Waals surface area contributed by atoms with Crippen molar-refractivity contribution in [3.63, 3.8) is 0 Å². The van der Waals surface area contributed by atoms with Crippen molar-refractivity contribution in [2.45, 2.75) is 20.2 Å². The third-order valence-corrected chi connectivity index (χ3v) is 3.91. The first-order valence-corrected chi connectivity index (χ1v) is 5.64. The zero-order chi connectivity index (χ0) is 5.28. The minimum atomic E-state index is 0.504. The molecule has 1 aliphatic rings. The van der Waals surface area contributed by atoms with Crippen molar-refractivity contribution in [3.8, 4) is 0 Å². The summed E-state index contributed by atoms with van der Waals surface area (Å²) in [5.41, 5.74) is 0. The fourth-order valence-corrected chi connectivity index (χ4v) is 2.83. The van der Waals surface area contributed by atoms with Crippen LogP contribution in [0.4, 0.5) is 0 Å². The molecule has 0 aromatic rings. The average molecular weight is 172 g/mol. The molecule has 1 aliphatic carbocycles. The summed E-state index contributed by atoms with van der Waals surface area (Å²) in [7, 11) is 0. The van der Waals surface area contributed by atoms with Gasteiger partial charge in [-0.3, -0.25) is 0 Å². The van der Waals surface area contributed by atoms with Gasteiger partial charge in [-0.2, -0.15) is 0 Å². The Labute approximate surface area is 73.0 Å². The van der Waals surface area contributed by atoms with Crippen molar-refractivity contribution in [3.05, 3.63) is 0 Å². The predicted octanol–water partition coefficient (Wildman–Crippen LogP) is 0.429. The second kappa shape index (κ2) is 2.63. The van der Waals surface area contributed by atoms with Gasteiger partial charge in [-0.25, -0.2) is 0 Å². The summed E-state index contributed by atoms with van der Waals surface area (Å²) in [4.78, 5) is 10.5. The minimum absolute atomic E-state index is 0.504. The summed E-state index contributed by atoms with van der Waals surface area (Å²) < 4.78 is 0.884. The number of carbonyl (C=O) groups excluding carboxylic acids is 1. The number of hydrogen-bond acceptors (Lipinski definition) is 1. The van der Waals surface area contributed by atoms with Crippen LogP contribution < -0.4 is 0 Å². The average Bonchev–Trinajstić information content (AvgIpc) is 1.87. The van der Waals surface area contributed by atoms with E-state index in [-0.39, 0.29) is 0 Å². The van der Waals surface area contributed by atoms with Crippen molar-refractivity contribution in [2.24, 2.45) is 0 Å². The van der Waals surface area contributed by atoms with E-state index >= 15 is 0 Å². The van der Waals surface area contributed by atoms with Gasteiger partial charge >= 0.3 is 74.0 Å². The Bertz CT molecular complexity index is 90.1. The predicted molar refractivity (Wildman–Crippen MR) is 29.8 cm³/mol. The van der Waals surface area contributed by atoms with Gasteiger partial charge in [-0.05, 0) is 0 Å². The second-order valence-electron chi connectivity index (χ2n) is 2.39. The van der Waals surface area contributed by atoms with Crippen molar-refractivity contribution >= 4 is 49.0 Å². The first kappa shape index (κ1) is 6.27. The van der Waals surface area contributed by atoms with Gasteiger partial charge in [0.25, 0.3) is 0 Å². The van der Waals surface area contributed by atoms with E-state index in [9.17, 15) is 4.79 Å². The summed E-state index contributed by atoms with van der Waals surface area (Å²) in [6.07, 6.45) is 3.03. The Kier molecular flexibility index (Phi) is 2.35. The molecule has 0 aromatic carbocycles. The molecule has 2 heteroatoms. The maximum absolute atomic E-state index is 10.5. The molecule has 0 amide bonds. The number of ketones is 1. The molecule has 0 aromatic heterocycles. The maximum atomic E-state index is 10.5. The molecule has 1 rings (SSSR count). The molecule has 0 bridgehead atoms. The van der Waals surface area contributed by atoms with Crippen LogP contribution >= 0.6 is 0 Å². The van der Waals surface area contributed by atoms with E-state index in [2.05, 4.69) is 0 Å². The van der Waals surface area contributed by atoms with Gasteiger partial charge in [0.05, 0.1) is 0 Å². The van der Waals surface area contributed by atoms with Crippen LogP contribution in [-0.4, -0.2) is 49.0 Å².